The Balaban J connectivity index is 0.000000408. The molecule has 2 heterocycles. The van der Waals surface area contributed by atoms with E-state index in [1.807, 2.05) is 37.3 Å². The van der Waals surface area contributed by atoms with E-state index in [0.29, 0.717) is 30.9 Å². The molecule has 0 spiro atoms. The summed E-state index contributed by atoms with van der Waals surface area (Å²) in [6.07, 6.45) is -7.07. The Hall–Kier alpha value is -4.97. The molecular weight excluding hydrogens is 682 g/mol. The summed E-state index contributed by atoms with van der Waals surface area (Å²) < 4.78 is 69.5. The second-order valence-corrected chi connectivity index (χ2v) is 11.5. The van der Waals surface area contributed by atoms with Crippen molar-refractivity contribution in [2.24, 2.45) is 11.8 Å². The molecule has 2 fully saturated rings. The monoisotopic (exact) mass is 716 g/mol. The van der Waals surface area contributed by atoms with Crippen LogP contribution in [-0.4, -0.2) is 87.1 Å². The van der Waals surface area contributed by atoms with Gasteiger partial charge in [-0.05, 0) is 75.0 Å². The van der Waals surface area contributed by atoms with E-state index in [1.165, 1.54) is 12.8 Å². The first kappa shape index (κ1) is 39.5. The van der Waals surface area contributed by atoms with Crippen molar-refractivity contribution < 1.29 is 65.7 Å². The SMILES string of the molecule is Cc1cc(COc2ccc(C(=O)N[C@@H]3CN(CC4CC4)CC[C@@H]3C(=O)NO)cc2)c2ccccc2n1.O=C(O)C(F)(F)F.O=C(O)C(F)(F)F. The number of hydroxylamine groups is 1. The molecule has 2 aliphatic rings. The fourth-order valence-electron chi connectivity index (χ4n) is 5.02. The number of para-hydroxylation sites is 1. The number of alkyl halides is 6. The lowest BCUT2D eigenvalue weighted by atomic mass is 9.90. The standard InChI is InChI=1S/C28H32N4O4.2C2HF3O2/c1-18-14-21(23-4-2-3-5-25(23)29-18)17-36-22-10-8-20(9-11-22)27(33)30-26-16-32(15-19-6-7-19)13-12-24(26)28(34)31-35;2*3-2(4,5)1(6)7/h2-5,8-11,14,19,24,26,35H,6-7,12-13,15-17H2,1H3,(H,30,33)(H,31,34);2*(H,6,7)/t24-,26+;;/m0../s1. The fraction of sp³-hybridized carbons (Fsp3) is 0.406. The third-order valence-corrected chi connectivity index (χ3v) is 7.60. The van der Waals surface area contributed by atoms with Gasteiger partial charge in [-0.15, -0.1) is 0 Å². The van der Waals surface area contributed by atoms with Crippen molar-refractivity contribution in [1.82, 2.24) is 20.7 Å². The molecule has 1 saturated heterocycles. The number of carboxylic acids is 2. The van der Waals surface area contributed by atoms with Gasteiger partial charge in [-0.2, -0.15) is 26.3 Å². The summed E-state index contributed by atoms with van der Waals surface area (Å²) in [5.41, 5.74) is 5.19. The topological polar surface area (TPSA) is 178 Å². The van der Waals surface area contributed by atoms with Crippen molar-refractivity contribution in [2.45, 2.75) is 51.2 Å². The summed E-state index contributed by atoms with van der Waals surface area (Å²) in [6.45, 7) is 4.75. The lowest BCUT2D eigenvalue weighted by Crippen LogP contribution is -2.56. The van der Waals surface area contributed by atoms with Crippen LogP contribution in [0.3, 0.4) is 0 Å². The van der Waals surface area contributed by atoms with Gasteiger partial charge >= 0.3 is 24.3 Å². The number of piperidine rings is 1. The minimum atomic E-state index is -5.08. The van der Waals surface area contributed by atoms with E-state index in [0.717, 1.165) is 41.2 Å². The summed E-state index contributed by atoms with van der Waals surface area (Å²) in [7, 11) is 0. The van der Waals surface area contributed by atoms with Crippen LogP contribution in [0.5, 0.6) is 5.75 Å². The van der Waals surface area contributed by atoms with E-state index >= 15 is 0 Å². The number of nitrogens with zero attached hydrogens (tertiary/aromatic N) is 2. The molecule has 3 aromatic rings. The Morgan fingerprint density at radius 3 is 2.04 bits per heavy atom. The minimum Gasteiger partial charge on any atom is -0.489 e. The second-order valence-electron chi connectivity index (χ2n) is 11.5. The molecule has 2 amide bonds. The first-order valence-corrected chi connectivity index (χ1v) is 15.0. The van der Waals surface area contributed by atoms with Gasteiger partial charge in [-0.25, -0.2) is 15.1 Å². The Bertz CT molecular complexity index is 1620. The van der Waals surface area contributed by atoms with Crippen molar-refractivity contribution >= 4 is 34.7 Å². The van der Waals surface area contributed by atoms with Crippen molar-refractivity contribution in [1.29, 1.82) is 0 Å². The molecule has 0 radical (unpaired) electrons. The highest BCUT2D eigenvalue weighted by Crippen LogP contribution is 2.31. The number of halogens is 6. The van der Waals surface area contributed by atoms with Gasteiger partial charge in [0.05, 0.1) is 17.5 Å². The highest BCUT2D eigenvalue weighted by atomic mass is 19.4. The molecule has 12 nitrogen and oxygen atoms in total. The van der Waals surface area contributed by atoms with Crippen molar-refractivity contribution in [3.63, 3.8) is 0 Å². The number of ether oxygens (including phenoxy) is 1. The van der Waals surface area contributed by atoms with Gasteiger partial charge in [-0.3, -0.25) is 19.8 Å². The van der Waals surface area contributed by atoms with Crippen LogP contribution in [0.2, 0.25) is 0 Å². The van der Waals surface area contributed by atoms with E-state index in [1.54, 1.807) is 29.7 Å². The molecule has 0 unspecified atom stereocenters. The van der Waals surface area contributed by atoms with E-state index in [4.69, 9.17) is 24.5 Å². The summed E-state index contributed by atoms with van der Waals surface area (Å²) in [5, 5.41) is 27.5. The molecule has 1 saturated carbocycles. The number of fused-ring (bicyclic) bond motifs is 1. The number of pyridine rings is 1. The van der Waals surface area contributed by atoms with Gasteiger partial charge in [-0.1, -0.05) is 18.2 Å². The summed E-state index contributed by atoms with van der Waals surface area (Å²) in [4.78, 5) is 49.9. The number of carbonyl (C=O) groups excluding carboxylic acids is 2. The number of aryl methyl sites for hydroxylation is 1. The molecule has 272 valence electrons. The fourth-order valence-corrected chi connectivity index (χ4v) is 5.02. The summed E-state index contributed by atoms with van der Waals surface area (Å²) in [6, 6.07) is 16.7. The van der Waals surface area contributed by atoms with Crippen molar-refractivity contribution in [3.8, 4) is 5.75 Å². The number of aromatic nitrogens is 1. The van der Waals surface area contributed by atoms with Gasteiger partial charge in [0.15, 0.2) is 0 Å². The van der Waals surface area contributed by atoms with Gasteiger partial charge < -0.3 is 25.2 Å². The van der Waals surface area contributed by atoms with Crippen LogP contribution in [0.1, 0.15) is 40.9 Å². The molecule has 50 heavy (non-hydrogen) atoms. The number of rotatable bonds is 8. The molecule has 0 bridgehead atoms. The zero-order valence-electron chi connectivity index (χ0n) is 26.4. The minimum absolute atomic E-state index is 0.244. The van der Waals surface area contributed by atoms with Crippen LogP contribution in [0.4, 0.5) is 26.3 Å². The number of aliphatic carboxylic acids is 2. The number of hydrogen-bond donors (Lipinski definition) is 5. The predicted octanol–water partition coefficient (Wildman–Crippen LogP) is 4.72. The lowest BCUT2D eigenvalue weighted by Gasteiger charge is -2.38. The number of carbonyl (C=O) groups is 4. The summed E-state index contributed by atoms with van der Waals surface area (Å²) in [5.74, 6) is -5.28. The van der Waals surface area contributed by atoms with Crippen LogP contribution in [0, 0.1) is 18.8 Å². The van der Waals surface area contributed by atoms with E-state index in [2.05, 4.69) is 15.2 Å². The Kier molecular flexibility index (Phi) is 13.5. The Labute approximate surface area is 281 Å². The number of carboxylic acid groups (broad SMARTS) is 2. The lowest BCUT2D eigenvalue weighted by molar-refractivity contribution is -0.193. The number of amides is 2. The molecule has 5 N–H and O–H groups in total. The molecule has 1 aliphatic heterocycles. The maximum atomic E-state index is 13.0. The maximum Gasteiger partial charge on any atom is 0.490 e. The third-order valence-electron chi connectivity index (χ3n) is 7.60. The first-order chi connectivity index (χ1) is 23.4. The Morgan fingerprint density at radius 2 is 1.50 bits per heavy atom. The zero-order chi connectivity index (χ0) is 37.2. The molecule has 5 rings (SSSR count). The summed E-state index contributed by atoms with van der Waals surface area (Å²) >= 11 is 0. The van der Waals surface area contributed by atoms with E-state index < -0.39 is 36.1 Å². The molecule has 2 aromatic carbocycles. The van der Waals surface area contributed by atoms with Gasteiger partial charge in [0.1, 0.15) is 12.4 Å². The van der Waals surface area contributed by atoms with Crippen LogP contribution >= 0.6 is 0 Å². The average molecular weight is 717 g/mol. The van der Waals surface area contributed by atoms with Crippen LogP contribution in [0.25, 0.3) is 10.9 Å². The third kappa shape index (κ3) is 12.2. The highest BCUT2D eigenvalue weighted by molar-refractivity contribution is 5.95. The normalized spacial score (nSPS) is 17.7. The van der Waals surface area contributed by atoms with Crippen molar-refractivity contribution in [2.75, 3.05) is 19.6 Å². The van der Waals surface area contributed by atoms with E-state index in [-0.39, 0.29) is 11.9 Å². The Morgan fingerprint density at radius 1 is 0.920 bits per heavy atom. The largest absolute Gasteiger partial charge is 0.490 e. The van der Waals surface area contributed by atoms with E-state index in [9.17, 15) is 41.1 Å². The number of likely N-dealkylation sites (tertiary alicyclic amines) is 1. The number of nitrogens with one attached hydrogen (secondary N) is 2. The van der Waals surface area contributed by atoms with Crippen LogP contribution in [-0.2, 0) is 21.0 Å². The second kappa shape index (κ2) is 17.1. The van der Waals surface area contributed by atoms with Crippen LogP contribution in [0.15, 0.2) is 54.6 Å². The van der Waals surface area contributed by atoms with Gasteiger partial charge in [0.25, 0.3) is 5.91 Å². The number of benzene rings is 2. The van der Waals surface area contributed by atoms with Gasteiger partial charge in [0, 0.05) is 35.3 Å². The molecular formula is C32H34F6N4O8. The maximum absolute atomic E-state index is 13.0. The first-order valence-electron chi connectivity index (χ1n) is 15.0. The molecule has 1 aromatic heterocycles. The molecule has 1 aliphatic carbocycles. The zero-order valence-corrected chi connectivity index (χ0v) is 26.4. The van der Waals surface area contributed by atoms with Crippen LogP contribution < -0.4 is 15.5 Å². The quantitative estimate of drug-likeness (QED) is 0.124. The molecule has 18 heteroatoms. The number of hydrogen-bond acceptors (Lipinski definition) is 8. The van der Waals surface area contributed by atoms with Gasteiger partial charge in [0.2, 0.25) is 5.91 Å². The highest BCUT2D eigenvalue weighted by Gasteiger charge is 2.39. The molecule has 2 atom stereocenters. The smallest absolute Gasteiger partial charge is 0.489 e. The average Bonchev–Trinajstić information content (AvgIpc) is 3.87. The van der Waals surface area contributed by atoms with Crippen molar-refractivity contribution in [3.05, 3.63) is 71.4 Å². The predicted molar refractivity (Wildman–Crippen MR) is 163 cm³/mol.